The minimum atomic E-state index is -3.88. The van der Waals surface area contributed by atoms with Crippen LogP contribution in [0.3, 0.4) is 0 Å². The average molecular weight is 454 g/mol. The van der Waals surface area contributed by atoms with Crippen molar-refractivity contribution in [2.75, 3.05) is 53.1 Å². The maximum Gasteiger partial charge on any atom is 0.293 e. The molecular weight excluding hydrogens is 425 g/mol. The van der Waals surface area contributed by atoms with E-state index in [-0.39, 0.29) is 41.2 Å². The summed E-state index contributed by atoms with van der Waals surface area (Å²) in [6.45, 7) is 0.929. The molecule has 0 bridgehead atoms. The van der Waals surface area contributed by atoms with Crippen molar-refractivity contribution in [1.29, 1.82) is 0 Å². The summed E-state index contributed by atoms with van der Waals surface area (Å²) in [6, 6.07) is 9.61. The fourth-order valence-corrected chi connectivity index (χ4v) is 4.03. The summed E-state index contributed by atoms with van der Waals surface area (Å²) in [4.78, 5) is 14.4. The van der Waals surface area contributed by atoms with Gasteiger partial charge in [-0.15, -0.1) is 0 Å². The molecule has 170 valence electrons. The zero-order valence-corrected chi connectivity index (χ0v) is 18.8. The minimum absolute atomic E-state index is 0.181. The molecule has 0 saturated heterocycles. The molecule has 11 heteroatoms. The van der Waals surface area contributed by atoms with Gasteiger partial charge in [0.15, 0.2) is 0 Å². The van der Waals surface area contributed by atoms with Gasteiger partial charge in [-0.1, -0.05) is 12.1 Å². The van der Waals surface area contributed by atoms with Crippen LogP contribution in [0.15, 0.2) is 47.4 Å². The van der Waals surface area contributed by atoms with Crippen molar-refractivity contribution in [3.63, 3.8) is 0 Å². The second-order valence-corrected chi connectivity index (χ2v) is 9.32. The van der Waals surface area contributed by atoms with Crippen molar-refractivity contribution in [3.05, 3.63) is 64.0 Å². The number of benzene rings is 2. The minimum Gasteiger partial charge on any atom is -0.378 e. The third kappa shape index (κ3) is 6.96. The number of nitrogens with zero attached hydrogens (tertiary/aromatic N) is 3. The molecule has 0 fully saturated rings. The quantitative estimate of drug-likeness (QED) is 0.397. The molecule has 1 atom stereocenters. The Morgan fingerprint density at radius 3 is 2.42 bits per heavy atom. The number of nitrogens with one attached hydrogen (secondary N) is 2. The van der Waals surface area contributed by atoms with Crippen LogP contribution < -0.4 is 10.0 Å². The highest BCUT2D eigenvalue weighted by Gasteiger charge is 2.22. The highest BCUT2D eigenvalue weighted by molar-refractivity contribution is 7.89. The van der Waals surface area contributed by atoms with E-state index >= 15 is 0 Å². The fraction of sp³-hybridized carbons (Fsp3) is 0.400. The summed E-state index contributed by atoms with van der Waals surface area (Å²) in [6.07, 6.45) is 0. The molecule has 0 amide bonds. The van der Waals surface area contributed by atoms with E-state index in [9.17, 15) is 22.9 Å². The number of nitro benzene ring substituents is 1. The molecule has 0 aromatic heterocycles. The Bertz CT molecular complexity index is 1010. The second-order valence-electron chi connectivity index (χ2n) is 7.55. The Balaban J connectivity index is 2.24. The number of halogens is 1. The zero-order chi connectivity index (χ0) is 23.2. The van der Waals surface area contributed by atoms with Crippen LogP contribution in [-0.4, -0.2) is 71.0 Å². The molecule has 0 radical (unpaired) electrons. The van der Waals surface area contributed by atoms with E-state index in [0.29, 0.717) is 12.1 Å². The monoisotopic (exact) mass is 453 g/mol. The van der Waals surface area contributed by atoms with Crippen LogP contribution in [0.25, 0.3) is 0 Å². The first kappa shape index (κ1) is 24.7. The summed E-state index contributed by atoms with van der Waals surface area (Å²) < 4.78 is 41.0. The van der Waals surface area contributed by atoms with Gasteiger partial charge in [0.05, 0.1) is 15.9 Å². The summed E-state index contributed by atoms with van der Waals surface area (Å²) in [5.74, 6) is -0.369. The van der Waals surface area contributed by atoms with Gasteiger partial charge in [0.25, 0.3) is 5.69 Å². The van der Waals surface area contributed by atoms with Gasteiger partial charge in [0.2, 0.25) is 10.0 Å². The lowest BCUT2D eigenvalue weighted by molar-refractivity contribution is -0.384. The Kier molecular flexibility index (Phi) is 8.45. The van der Waals surface area contributed by atoms with E-state index in [1.54, 1.807) is 12.1 Å². The number of hydrogen-bond acceptors (Lipinski definition) is 7. The van der Waals surface area contributed by atoms with Crippen LogP contribution in [0, 0.1) is 15.9 Å². The number of anilines is 1. The van der Waals surface area contributed by atoms with Crippen LogP contribution >= 0.6 is 0 Å². The number of nitro groups is 1. The maximum absolute atomic E-state index is 13.6. The van der Waals surface area contributed by atoms with E-state index in [4.69, 9.17) is 0 Å². The molecule has 0 aliphatic carbocycles. The highest BCUT2D eigenvalue weighted by atomic mass is 32.2. The number of rotatable bonds is 11. The van der Waals surface area contributed by atoms with Crippen LogP contribution in [0.1, 0.15) is 11.6 Å². The molecular formula is C20H28FN5O4S. The molecule has 0 aliphatic heterocycles. The lowest BCUT2D eigenvalue weighted by atomic mass is 10.1. The van der Waals surface area contributed by atoms with Crippen molar-refractivity contribution < 1.29 is 17.7 Å². The molecule has 31 heavy (non-hydrogen) atoms. The first-order valence-electron chi connectivity index (χ1n) is 9.60. The van der Waals surface area contributed by atoms with Gasteiger partial charge in [0.1, 0.15) is 11.5 Å². The summed E-state index contributed by atoms with van der Waals surface area (Å²) in [5, 5.41) is 14.6. The lowest BCUT2D eigenvalue weighted by Gasteiger charge is -2.25. The van der Waals surface area contributed by atoms with Gasteiger partial charge in [-0.3, -0.25) is 10.1 Å². The first-order valence-corrected chi connectivity index (χ1v) is 11.1. The highest BCUT2D eigenvalue weighted by Crippen LogP contribution is 2.29. The van der Waals surface area contributed by atoms with Gasteiger partial charge in [-0.05, 0) is 58.0 Å². The van der Waals surface area contributed by atoms with Gasteiger partial charge in [0, 0.05) is 25.7 Å². The van der Waals surface area contributed by atoms with Gasteiger partial charge < -0.3 is 15.1 Å². The fourth-order valence-electron chi connectivity index (χ4n) is 2.99. The molecule has 2 aromatic carbocycles. The third-order valence-corrected chi connectivity index (χ3v) is 6.13. The first-order chi connectivity index (χ1) is 14.5. The molecule has 0 spiro atoms. The van der Waals surface area contributed by atoms with Gasteiger partial charge in [-0.25, -0.2) is 17.5 Å². The molecule has 2 N–H and O–H groups in total. The zero-order valence-electron chi connectivity index (χ0n) is 18.0. The maximum atomic E-state index is 13.6. The van der Waals surface area contributed by atoms with Crippen molar-refractivity contribution >= 4 is 21.4 Å². The molecule has 2 aromatic rings. The van der Waals surface area contributed by atoms with Crippen molar-refractivity contribution in [3.8, 4) is 0 Å². The summed E-state index contributed by atoms with van der Waals surface area (Å²) >= 11 is 0. The normalized spacial score (nSPS) is 12.9. The van der Waals surface area contributed by atoms with Crippen molar-refractivity contribution in [2.24, 2.45) is 0 Å². The Labute approximate surface area is 182 Å². The van der Waals surface area contributed by atoms with Crippen LogP contribution in [0.5, 0.6) is 0 Å². The van der Waals surface area contributed by atoms with Crippen LogP contribution in [0.2, 0.25) is 0 Å². The SMILES string of the molecule is CN(C)CCNS(=O)(=O)c1ccc(NCC(c2cccc(F)c2)N(C)C)c([N+](=O)[O-])c1. The molecule has 0 heterocycles. The number of sulfonamides is 1. The van der Waals surface area contributed by atoms with Gasteiger partial charge in [-0.2, -0.15) is 0 Å². The predicted molar refractivity (Wildman–Crippen MR) is 118 cm³/mol. The van der Waals surface area contributed by atoms with E-state index in [2.05, 4.69) is 10.0 Å². The Hall–Kier alpha value is -2.60. The van der Waals surface area contributed by atoms with E-state index in [1.165, 1.54) is 24.3 Å². The Morgan fingerprint density at radius 1 is 1.13 bits per heavy atom. The van der Waals surface area contributed by atoms with Crippen LogP contribution in [-0.2, 0) is 10.0 Å². The molecule has 0 saturated carbocycles. The summed E-state index contributed by atoms with van der Waals surface area (Å²) in [7, 11) is 3.38. The molecule has 9 nitrogen and oxygen atoms in total. The smallest absolute Gasteiger partial charge is 0.293 e. The van der Waals surface area contributed by atoms with Crippen LogP contribution in [0.4, 0.5) is 15.8 Å². The molecule has 0 aliphatic rings. The Morgan fingerprint density at radius 2 is 1.84 bits per heavy atom. The average Bonchev–Trinajstić information content (AvgIpc) is 2.67. The molecule has 1 unspecified atom stereocenters. The number of hydrogen-bond donors (Lipinski definition) is 2. The van der Waals surface area contributed by atoms with Crippen molar-refractivity contribution in [1.82, 2.24) is 14.5 Å². The largest absolute Gasteiger partial charge is 0.378 e. The third-order valence-electron chi connectivity index (χ3n) is 4.67. The van der Waals surface area contributed by atoms with E-state index < -0.39 is 14.9 Å². The van der Waals surface area contributed by atoms with Crippen molar-refractivity contribution in [2.45, 2.75) is 10.9 Å². The van der Waals surface area contributed by atoms with E-state index in [0.717, 1.165) is 6.07 Å². The second kappa shape index (κ2) is 10.6. The van der Waals surface area contributed by atoms with Gasteiger partial charge >= 0.3 is 0 Å². The lowest BCUT2D eigenvalue weighted by Crippen LogP contribution is -2.31. The summed E-state index contributed by atoms with van der Waals surface area (Å²) in [5.41, 5.74) is 0.539. The molecule has 2 rings (SSSR count). The topological polar surface area (TPSA) is 108 Å². The number of likely N-dealkylation sites (N-methyl/N-ethyl adjacent to an activating group) is 2. The predicted octanol–water partition coefficient (Wildman–Crippen LogP) is 2.29. The van der Waals surface area contributed by atoms with E-state index in [1.807, 2.05) is 38.0 Å². The standard InChI is InChI=1S/C20H28FN5O4S/c1-24(2)11-10-23-31(29,30)17-8-9-18(19(13-17)26(27)28)22-14-20(25(3)4)15-6-5-7-16(21)12-15/h5-9,12-13,20,22-23H,10-11,14H2,1-4H3.